The molecule has 0 aliphatic rings. The Morgan fingerprint density at radius 3 is 2.76 bits per heavy atom. The topological polar surface area (TPSA) is 59.2 Å². The van der Waals surface area contributed by atoms with Gasteiger partial charge in [-0.15, -0.1) is 0 Å². The minimum atomic E-state index is -0.482. The number of carbonyl (C=O) groups is 1. The van der Waals surface area contributed by atoms with Crippen LogP contribution in [0.15, 0.2) is 24.5 Å². The lowest BCUT2D eigenvalue weighted by Gasteiger charge is -2.28. The molecule has 1 aromatic heterocycles. The van der Waals surface area contributed by atoms with E-state index in [-0.39, 0.29) is 5.91 Å². The summed E-state index contributed by atoms with van der Waals surface area (Å²) >= 11 is 0. The van der Waals surface area contributed by atoms with E-state index in [2.05, 4.69) is 4.98 Å². The van der Waals surface area contributed by atoms with E-state index in [9.17, 15) is 4.79 Å². The van der Waals surface area contributed by atoms with Crippen LogP contribution < -0.4 is 5.73 Å². The molecular weight excluding hydrogens is 214 g/mol. The molecule has 1 aromatic rings. The number of nitrogens with two attached hydrogens (primary N) is 1. The van der Waals surface area contributed by atoms with Crippen LogP contribution >= 0.6 is 0 Å². The van der Waals surface area contributed by atoms with Crippen molar-refractivity contribution in [1.82, 2.24) is 9.88 Å². The van der Waals surface area contributed by atoms with Gasteiger partial charge in [-0.05, 0) is 31.9 Å². The van der Waals surface area contributed by atoms with Crippen molar-refractivity contribution in [1.29, 1.82) is 0 Å². The predicted octanol–water partition coefficient (Wildman–Crippen LogP) is 1.07. The Kier molecular flexibility index (Phi) is 4.63. The Labute approximate surface area is 103 Å². The summed E-state index contributed by atoms with van der Waals surface area (Å²) < 4.78 is 0. The minimum absolute atomic E-state index is 0.0869. The van der Waals surface area contributed by atoms with Gasteiger partial charge in [0, 0.05) is 32.5 Å². The molecule has 0 saturated carbocycles. The summed E-state index contributed by atoms with van der Waals surface area (Å²) in [5.41, 5.74) is 6.25. The molecule has 4 heteroatoms. The van der Waals surface area contributed by atoms with Gasteiger partial charge in [-0.3, -0.25) is 9.78 Å². The highest BCUT2D eigenvalue weighted by Gasteiger charge is 2.28. The first kappa shape index (κ1) is 13.6. The summed E-state index contributed by atoms with van der Waals surface area (Å²) in [4.78, 5) is 17.8. The molecule has 0 atom stereocenters. The van der Waals surface area contributed by atoms with Crippen molar-refractivity contribution in [3.8, 4) is 0 Å². The normalized spacial score (nSPS) is 11.3. The van der Waals surface area contributed by atoms with Gasteiger partial charge in [-0.25, -0.2) is 0 Å². The molecule has 1 rings (SSSR count). The molecule has 0 bridgehead atoms. The number of hydrogen-bond acceptors (Lipinski definition) is 3. The van der Waals surface area contributed by atoms with Crippen molar-refractivity contribution in [2.45, 2.75) is 20.3 Å². The van der Waals surface area contributed by atoms with Gasteiger partial charge in [0.2, 0.25) is 5.91 Å². The number of amides is 1. The zero-order valence-electron chi connectivity index (χ0n) is 10.8. The third-order valence-corrected chi connectivity index (χ3v) is 2.89. The number of carbonyl (C=O) groups excluding carboxylic acids is 1. The van der Waals surface area contributed by atoms with E-state index in [4.69, 9.17) is 5.73 Å². The average molecular weight is 235 g/mol. The molecule has 0 radical (unpaired) electrons. The monoisotopic (exact) mass is 235 g/mol. The summed E-state index contributed by atoms with van der Waals surface area (Å²) in [7, 11) is 1.82. The molecule has 4 nitrogen and oxygen atoms in total. The molecule has 0 spiro atoms. The predicted molar refractivity (Wildman–Crippen MR) is 68.4 cm³/mol. The van der Waals surface area contributed by atoms with E-state index >= 15 is 0 Å². The maximum Gasteiger partial charge on any atom is 0.229 e. The summed E-state index contributed by atoms with van der Waals surface area (Å²) in [6.07, 6.45) is 4.39. The van der Waals surface area contributed by atoms with Crippen molar-refractivity contribution in [2.75, 3.05) is 20.1 Å². The molecular formula is C13H21N3O. The molecule has 2 N–H and O–H groups in total. The number of pyridine rings is 1. The van der Waals surface area contributed by atoms with E-state index in [0.29, 0.717) is 13.1 Å². The van der Waals surface area contributed by atoms with E-state index in [1.165, 1.54) is 0 Å². The van der Waals surface area contributed by atoms with E-state index in [1.54, 1.807) is 11.1 Å². The molecule has 94 valence electrons. The fourth-order valence-corrected chi connectivity index (χ4v) is 1.55. The lowest BCUT2D eigenvalue weighted by molar-refractivity contribution is -0.138. The Bertz CT molecular complexity index is 362. The molecule has 0 aliphatic carbocycles. The van der Waals surface area contributed by atoms with Crippen molar-refractivity contribution >= 4 is 5.91 Å². The van der Waals surface area contributed by atoms with Crippen LogP contribution in [0.2, 0.25) is 0 Å². The Balaban J connectivity index is 2.50. The summed E-state index contributed by atoms with van der Waals surface area (Å²) in [6, 6.07) is 3.92. The maximum atomic E-state index is 12.0. The van der Waals surface area contributed by atoms with Gasteiger partial charge in [-0.1, -0.05) is 6.07 Å². The first-order valence-corrected chi connectivity index (χ1v) is 5.82. The second-order valence-corrected chi connectivity index (χ2v) is 4.93. The van der Waals surface area contributed by atoms with Gasteiger partial charge < -0.3 is 10.6 Å². The van der Waals surface area contributed by atoms with E-state index < -0.39 is 5.41 Å². The lowest BCUT2D eigenvalue weighted by Crippen LogP contribution is -2.43. The van der Waals surface area contributed by atoms with Crippen molar-refractivity contribution in [2.24, 2.45) is 11.1 Å². The second-order valence-electron chi connectivity index (χ2n) is 4.93. The molecule has 0 unspecified atom stereocenters. The first-order chi connectivity index (χ1) is 7.97. The molecule has 1 amide bonds. The van der Waals surface area contributed by atoms with Gasteiger partial charge >= 0.3 is 0 Å². The molecule has 1 heterocycles. The molecule has 0 aromatic carbocycles. The highest BCUT2D eigenvalue weighted by atomic mass is 16.2. The SMILES string of the molecule is CN(CCc1cccnc1)C(=O)C(C)(C)CN. The maximum absolute atomic E-state index is 12.0. The van der Waals surface area contributed by atoms with Crippen LogP contribution in [0.3, 0.4) is 0 Å². The smallest absolute Gasteiger partial charge is 0.229 e. The summed E-state index contributed by atoms with van der Waals surface area (Å²) in [6.45, 7) is 4.79. The van der Waals surface area contributed by atoms with Crippen molar-refractivity contribution < 1.29 is 4.79 Å². The fourth-order valence-electron chi connectivity index (χ4n) is 1.55. The molecule has 0 aliphatic heterocycles. The zero-order valence-corrected chi connectivity index (χ0v) is 10.8. The summed E-state index contributed by atoms with van der Waals surface area (Å²) in [5.74, 6) is 0.0869. The molecule has 0 fully saturated rings. The number of hydrogen-bond donors (Lipinski definition) is 1. The first-order valence-electron chi connectivity index (χ1n) is 5.82. The van der Waals surface area contributed by atoms with Crippen LogP contribution in [0.5, 0.6) is 0 Å². The second kappa shape index (κ2) is 5.77. The average Bonchev–Trinajstić information content (AvgIpc) is 2.36. The lowest BCUT2D eigenvalue weighted by atomic mass is 9.92. The van der Waals surface area contributed by atoms with Crippen LogP contribution in [-0.2, 0) is 11.2 Å². The highest BCUT2D eigenvalue weighted by Crippen LogP contribution is 2.16. The quantitative estimate of drug-likeness (QED) is 0.830. The number of rotatable bonds is 5. The zero-order chi connectivity index (χ0) is 12.9. The van der Waals surface area contributed by atoms with Gasteiger partial charge in [0.25, 0.3) is 0 Å². The van der Waals surface area contributed by atoms with Crippen LogP contribution in [0.4, 0.5) is 0 Å². The van der Waals surface area contributed by atoms with Crippen molar-refractivity contribution in [3.63, 3.8) is 0 Å². The molecule has 0 saturated heterocycles. The fraction of sp³-hybridized carbons (Fsp3) is 0.538. The number of aromatic nitrogens is 1. The minimum Gasteiger partial charge on any atom is -0.345 e. The van der Waals surface area contributed by atoms with Crippen LogP contribution in [0.1, 0.15) is 19.4 Å². The third-order valence-electron chi connectivity index (χ3n) is 2.89. The van der Waals surface area contributed by atoms with Crippen molar-refractivity contribution in [3.05, 3.63) is 30.1 Å². The van der Waals surface area contributed by atoms with Crippen LogP contribution in [-0.4, -0.2) is 35.9 Å². The van der Waals surface area contributed by atoms with E-state index in [1.807, 2.05) is 39.2 Å². The Hall–Kier alpha value is -1.42. The van der Waals surface area contributed by atoms with Crippen LogP contribution in [0, 0.1) is 5.41 Å². The Morgan fingerprint density at radius 1 is 1.53 bits per heavy atom. The summed E-state index contributed by atoms with van der Waals surface area (Å²) in [5, 5.41) is 0. The van der Waals surface area contributed by atoms with Gasteiger partial charge in [0.15, 0.2) is 0 Å². The van der Waals surface area contributed by atoms with Gasteiger partial charge in [-0.2, -0.15) is 0 Å². The highest BCUT2D eigenvalue weighted by molar-refractivity contribution is 5.81. The third kappa shape index (κ3) is 3.82. The number of likely N-dealkylation sites (N-methyl/N-ethyl adjacent to an activating group) is 1. The number of nitrogens with zero attached hydrogens (tertiary/aromatic N) is 2. The Morgan fingerprint density at radius 2 is 2.24 bits per heavy atom. The van der Waals surface area contributed by atoms with Gasteiger partial charge in [0.05, 0.1) is 5.41 Å². The standard InChI is InChI=1S/C13H21N3O/c1-13(2,10-14)12(17)16(3)8-6-11-5-4-7-15-9-11/h4-5,7,9H,6,8,10,14H2,1-3H3. The largest absolute Gasteiger partial charge is 0.345 e. The van der Waals surface area contributed by atoms with Crippen LogP contribution in [0.25, 0.3) is 0 Å². The van der Waals surface area contributed by atoms with Gasteiger partial charge in [0.1, 0.15) is 0 Å². The molecule has 17 heavy (non-hydrogen) atoms. The van der Waals surface area contributed by atoms with E-state index in [0.717, 1.165) is 12.0 Å².